The lowest BCUT2D eigenvalue weighted by Crippen LogP contribution is -2.33. The SMILES string of the molecule is COc1cc(-n2cnc(N)c2)cc(OC)c1OC.COc1cc(-n2cnc(Nc3nc(N4CCC[C@@H]4CO)c4occc4n3)c2)cc(C)c1C.Clc1nc(Cl)c2occc2n1.OC[C@H]1CCCN1.OC[C@H]1CCCN1c1nc(Cl)nc2ccoc12. The number of nitrogen functional groups attached to an aromatic ring is 1. The summed E-state index contributed by atoms with van der Waals surface area (Å²) in [6.45, 7) is 7.37. The van der Waals surface area contributed by atoms with Gasteiger partial charge in [-0.05, 0) is 99.3 Å². The molecule has 3 fully saturated rings. The molecule has 13 rings (SSSR count). The van der Waals surface area contributed by atoms with Crippen LogP contribution in [0.25, 0.3) is 44.7 Å². The van der Waals surface area contributed by atoms with E-state index in [4.69, 9.17) is 82.8 Å². The average molecular weight is 1230 g/mol. The summed E-state index contributed by atoms with van der Waals surface area (Å²) < 4.78 is 41.1. The number of aliphatic hydroxyl groups is 3. The van der Waals surface area contributed by atoms with Crippen molar-refractivity contribution in [2.24, 2.45) is 0 Å². The van der Waals surface area contributed by atoms with E-state index in [0.29, 0.717) is 92.4 Å². The molecule has 7 N–H and O–H groups in total. The second kappa shape index (κ2) is 28.6. The second-order valence-corrected chi connectivity index (χ2v) is 20.7. The fourth-order valence-corrected chi connectivity index (χ4v) is 10.6. The van der Waals surface area contributed by atoms with Gasteiger partial charge in [-0.25, -0.2) is 29.9 Å². The molecule has 0 aliphatic carbocycles. The van der Waals surface area contributed by atoms with Gasteiger partial charge in [-0.15, -0.1) is 0 Å². The fraction of sp³-hybridized carbons (Fsp3) is 0.368. The van der Waals surface area contributed by atoms with Crippen LogP contribution in [-0.2, 0) is 0 Å². The van der Waals surface area contributed by atoms with Gasteiger partial charge in [-0.1, -0.05) is 11.6 Å². The van der Waals surface area contributed by atoms with Gasteiger partial charge in [0.05, 0.1) is 103 Å². The number of aryl methyl sites for hydroxylation is 1. The monoisotopic (exact) mass is 1230 g/mol. The number of nitrogens with zero attached hydrogens (tertiary/aromatic N) is 12. The minimum Gasteiger partial charge on any atom is -0.496 e. The Labute approximate surface area is 503 Å². The Morgan fingerprint density at radius 2 is 1.16 bits per heavy atom. The summed E-state index contributed by atoms with van der Waals surface area (Å²) in [7, 11) is 6.39. The second-order valence-electron chi connectivity index (χ2n) is 19.7. The fourth-order valence-electron chi connectivity index (χ4n) is 9.94. The van der Waals surface area contributed by atoms with Crippen LogP contribution in [-0.4, -0.2) is 150 Å². The molecule has 0 saturated carbocycles. The zero-order valence-electron chi connectivity index (χ0n) is 47.6. The maximum Gasteiger partial charge on any atom is 0.231 e. The number of nitrogens with two attached hydrogens (primary N) is 1. The predicted molar refractivity (Wildman–Crippen MR) is 324 cm³/mol. The molecule has 3 atom stereocenters. The molecule has 3 saturated heterocycles. The molecule has 450 valence electrons. The molecule has 8 aromatic heterocycles. The molecule has 2 aromatic carbocycles. The van der Waals surface area contributed by atoms with Gasteiger partial charge >= 0.3 is 0 Å². The Kier molecular flexibility index (Phi) is 20.7. The molecule has 0 amide bonds. The van der Waals surface area contributed by atoms with Crippen molar-refractivity contribution in [2.45, 2.75) is 70.5 Å². The van der Waals surface area contributed by atoms with E-state index < -0.39 is 0 Å². The maximum absolute atomic E-state index is 9.76. The van der Waals surface area contributed by atoms with Gasteiger partial charge in [0.2, 0.25) is 22.3 Å². The first-order valence-corrected chi connectivity index (χ1v) is 28.3. The number of halogens is 3. The Balaban J connectivity index is 0.000000139. The smallest absolute Gasteiger partial charge is 0.231 e. The molecule has 3 aliphatic heterocycles. The summed E-state index contributed by atoms with van der Waals surface area (Å²) in [5, 5.41) is 34.5. The van der Waals surface area contributed by atoms with E-state index in [1.54, 1.807) is 76.5 Å². The molecular formula is C57H66Cl3N15O10. The van der Waals surface area contributed by atoms with E-state index in [0.717, 1.165) is 80.0 Å². The number of imidazole rings is 2. The predicted octanol–water partition coefficient (Wildman–Crippen LogP) is 9.32. The minimum atomic E-state index is 0.0324. The van der Waals surface area contributed by atoms with Crippen molar-refractivity contribution in [1.82, 2.24) is 54.3 Å². The van der Waals surface area contributed by atoms with Gasteiger partial charge in [0.15, 0.2) is 50.9 Å². The van der Waals surface area contributed by atoms with Gasteiger partial charge in [-0.3, -0.25) is 0 Å². The number of furan rings is 3. The normalized spacial score (nSPS) is 16.3. The molecular weight excluding hydrogens is 1160 g/mol. The van der Waals surface area contributed by atoms with Gasteiger partial charge in [0, 0.05) is 55.5 Å². The van der Waals surface area contributed by atoms with Crippen LogP contribution in [0.5, 0.6) is 23.0 Å². The van der Waals surface area contributed by atoms with Gasteiger partial charge in [0.1, 0.15) is 40.8 Å². The van der Waals surface area contributed by atoms with Crippen LogP contribution >= 0.6 is 34.8 Å². The number of hydrogen-bond acceptors (Lipinski definition) is 23. The van der Waals surface area contributed by atoms with Crippen molar-refractivity contribution in [3.05, 3.63) is 113 Å². The molecule has 0 bridgehead atoms. The summed E-state index contributed by atoms with van der Waals surface area (Å²) in [6, 6.07) is 13.5. The highest BCUT2D eigenvalue weighted by atomic mass is 35.5. The third-order valence-corrected chi connectivity index (χ3v) is 15.0. The van der Waals surface area contributed by atoms with Crippen molar-refractivity contribution in [3.8, 4) is 34.4 Å². The van der Waals surface area contributed by atoms with E-state index >= 15 is 0 Å². The number of ether oxygens (including phenoxy) is 4. The third kappa shape index (κ3) is 14.5. The first-order valence-electron chi connectivity index (χ1n) is 27.1. The topological polar surface area (TPSA) is 307 Å². The van der Waals surface area contributed by atoms with Crippen LogP contribution in [0.4, 0.5) is 29.2 Å². The Hall–Kier alpha value is -8.17. The number of benzene rings is 2. The molecule has 3 aliphatic rings. The number of rotatable bonds is 13. The zero-order valence-corrected chi connectivity index (χ0v) is 49.8. The quantitative estimate of drug-likeness (QED) is 0.0462. The number of aromatic nitrogens is 10. The molecule has 0 spiro atoms. The first kappa shape index (κ1) is 61.4. The van der Waals surface area contributed by atoms with E-state index in [-0.39, 0.29) is 41.0 Å². The van der Waals surface area contributed by atoms with Crippen LogP contribution in [0, 0.1) is 13.8 Å². The largest absolute Gasteiger partial charge is 0.496 e. The minimum absolute atomic E-state index is 0.0324. The standard InChI is InChI=1S/C23H26N6O3.C12H15N3O3.C11H12ClN3O2.C6H2Cl2N2O.C5H11NO/c1-14-9-17(10-19(31-3)15(14)2)28-11-20(24-13-28)26-23-25-18-6-8-32-21(18)22(27-23)29-7-4-5-16(29)12-30;1-16-9-4-8(15-6-11(13)14-7-15)5-10(17-2)12(9)18-3;12-11-13-8-3-5-17-9(8)10(14-11)15-4-1-2-7(15)6-16;7-5-4-3(1-2-11-4)9-6(8)10-5;7-4-5-2-1-3-6-5/h6,8-11,13,16,30H,4-5,7,12H2,1-3H3,(H,25,26,27);4-7H,13H2,1-3H3;3,5,7,16H,1-2,4,6H2;1-2H;5-7H,1-4H2/t16-;;7-;;5-/m1.1.1/s1. The maximum atomic E-state index is 9.76. The number of hydrogen-bond donors (Lipinski definition) is 6. The third-order valence-electron chi connectivity index (χ3n) is 14.4. The summed E-state index contributed by atoms with van der Waals surface area (Å²) in [5.74, 6) is 5.43. The molecule has 10 aromatic rings. The Morgan fingerprint density at radius 1 is 0.624 bits per heavy atom. The number of anilines is 5. The van der Waals surface area contributed by atoms with Crippen molar-refractivity contribution in [2.75, 3.05) is 88.7 Å². The summed E-state index contributed by atoms with van der Waals surface area (Å²) in [4.78, 5) is 37.8. The Morgan fingerprint density at radius 3 is 1.71 bits per heavy atom. The molecule has 0 radical (unpaired) electrons. The molecule has 11 heterocycles. The van der Waals surface area contributed by atoms with Crippen LogP contribution in [0.1, 0.15) is 49.7 Å². The van der Waals surface area contributed by atoms with E-state index in [1.165, 1.54) is 12.7 Å². The van der Waals surface area contributed by atoms with Crippen molar-refractivity contribution < 1.29 is 47.5 Å². The molecule has 28 heteroatoms. The lowest BCUT2D eigenvalue weighted by Gasteiger charge is -2.24. The van der Waals surface area contributed by atoms with Crippen LogP contribution < -0.4 is 45.1 Å². The average Bonchev–Trinajstić information content (AvgIpc) is 4.32. The van der Waals surface area contributed by atoms with E-state index in [1.807, 2.05) is 46.9 Å². The van der Waals surface area contributed by atoms with Gasteiger partial charge in [0.25, 0.3) is 0 Å². The summed E-state index contributed by atoms with van der Waals surface area (Å²) in [6.07, 6.45) is 17.9. The highest BCUT2D eigenvalue weighted by Crippen LogP contribution is 2.40. The van der Waals surface area contributed by atoms with E-state index in [2.05, 4.69) is 63.4 Å². The lowest BCUT2D eigenvalue weighted by molar-refractivity contribution is 0.255. The number of fused-ring (bicyclic) bond motifs is 3. The van der Waals surface area contributed by atoms with Gasteiger partial charge in [-0.2, -0.15) is 9.97 Å². The molecule has 25 nitrogen and oxygen atoms in total. The molecule has 85 heavy (non-hydrogen) atoms. The number of methoxy groups -OCH3 is 4. The lowest BCUT2D eigenvalue weighted by atomic mass is 10.1. The van der Waals surface area contributed by atoms with Crippen LogP contribution in [0.3, 0.4) is 0 Å². The summed E-state index contributed by atoms with van der Waals surface area (Å²) >= 11 is 17.1. The number of nitrogens with one attached hydrogen (secondary N) is 2. The summed E-state index contributed by atoms with van der Waals surface area (Å²) in [5.41, 5.74) is 13.4. The highest BCUT2D eigenvalue weighted by molar-refractivity contribution is 6.35. The van der Waals surface area contributed by atoms with Crippen molar-refractivity contribution in [1.29, 1.82) is 0 Å². The zero-order chi connectivity index (χ0) is 60.1. The van der Waals surface area contributed by atoms with Crippen molar-refractivity contribution in [3.63, 3.8) is 0 Å². The number of aliphatic hydroxyl groups excluding tert-OH is 3. The van der Waals surface area contributed by atoms with Crippen LogP contribution in [0.15, 0.2) is 99.6 Å². The highest BCUT2D eigenvalue weighted by Gasteiger charge is 2.30. The van der Waals surface area contributed by atoms with Gasteiger partial charge < -0.3 is 82.8 Å². The molecule has 0 unspecified atom stereocenters. The van der Waals surface area contributed by atoms with Crippen molar-refractivity contribution >= 4 is 97.3 Å². The van der Waals surface area contributed by atoms with E-state index in [9.17, 15) is 10.2 Å². The first-order chi connectivity index (χ1) is 41.3. The Bertz CT molecular complexity index is 3790. The van der Waals surface area contributed by atoms with Crippen LogP contribution in [0.2, 0.25) is 15.7 Å².